The van der Waals surface area contributed by atoms with Crippen molar-refractivity contribution < 1.29 is 9.53 Å². The van der Waals surface area contributed by atoms with E-state index in [9.17, 15) is 4.79 Å². The summed E-state index contributed by atoms with van der Waals surface area (Å²) in [7, 11) is 1.40. The number of hydrogen-bond donors (Lipinski definition) is 2. The molecule has 0 bridgehead atoms. The maximum absolute atomic E-state index is 10.9. The van der Waals surface area contributed by atoms with Crippen LogP contribution in [0.2, 0.25) is 0 Å². The van der Waals surface area contributed by atoms with Crippen LogP contribution < -0.4 is 10.6 Å². The normalized spacial score (nSPS) is 10.0. The fraction of sp³-hybridized carbons (Fsp3) is 0.467. The van der Waals surface area contributed by atoms with Crippen LogP contribution in [-0.4, -0.2) is 37.0 Å². The molecule has 0 heterocycles. The SMILES string of the molecule is COC(=O)CCCNC(=S)NCCSc1ccc(C)cc1. The lowest BCUT2D eigenvalue weighted by atomic mass is 10.2. The molecule has 0 saturated carbocycles. The topological polar surface area (TPSA) is 50.4 Å². The molecule has 1 aromatic carbocycles. The lowest BCUT2D eigenvalue weighted by Crippen LogP contribution is -2.37. The van der Waals surface area contributed by atoms with E-state index in [0.717, 1.165) is 12.3 Å². The number of hydrogen-bond acceptors (Lipinski definition) is 4. The molecule has 0 amide bonds. The number of esters is 1. The molecule has 1 aromatic rings. The second kappa shape index (κ2) is 10.5. The lowest BCUT2D eigenvalue weighted by molar-refractivity contribution is -0.140. The van der Waals surface area contributed by atoms with E-state index in [-0.39, 0.29) is 5.97 Å². The van der Waals surface area contributed by atoms with E-state index in [1.165, 1.54) is 17.6 Å². The van der Waals surface area contributed by atoms with Gasteiger partial charge in [-0.1, -0.05) is 17.7 Å². The number of nitrogens with one attached hydrogen (secondary N) is 2. The van der Waals surface area contributed by atoms with Gasteiger partial charge in [0.1, 0.15) is 0 Å². The maximum atomic E-state index is 10.9. The highest BCUT2D eigenvalue weighted by atomic mass is 32.2. The van der Waals surface area contributed by atoms with Crippen molar-refractivity contribution in [2.45, 2.75) is 24.7 Å². The monoisotopic (exact) mass is 326 g/mol. The number of methoxy groups -OCH3 is 1. The first kappa shape index (κ1) is 17.8. The Labute approximate surface area is 136 Å². The zero-order chi connectivity index (χ0) is 15.5. The van der Waals surface area contributed by atoms with Crippen LogP contribution >= 0.6 is 24.0 Å². The zero-order valence-corrected chi connectivity index (χ0v) is 14.1. The molecular formula is C15H22N2O2S2. The Bertz CT molecular complexity index is 449. The van der Waals surface area contributed by atoms with E-state index >= 15 is 0 Å². The maximum Gasteiger partial charge on any atom is 0.305 e. The fourth-order valence-electron chi connectivity index (χ4n) is 1.57. The smallest absolute Gasteiger partial charge is 0.305 e. The minimum Gasteiger partial charge on any atom is -0.469 e. The van der Waals surface area contributed by atoms with Crippen LogP contribution in [0.3, 0.4) is 0 Å². The van der Waals surface area contributed by atoms with Crippen LogP contribution in [0.4, 0.5) is 0 Å². The molecule has 0 saturated heterocycles. The standard InChI is InChI=1S/C15H22N2O2S2/c1-12-5-7-13(8-6-12)21-11-10-17-15(20)16-9-3-4-14(18)19-2/h5-8H,3-4,9-11H2,1-2H3,(H2,16,17,20). The Kier molecular flexibility index (Phi) is 8.85. The minimum absolute atomic E-state index is 0.190. The van der Waals surface area contributed by atoms with Gasteiger partial charge in [0.2, 0.25) is 0 Å². The second-order valence-electron chi connectivity index (χ2n) is 4.52. The van der Waals surface area contributed by atoms with Crippen LogP contribution in [0.1, 0.15) is 18.4 Å². The molecule has 0 radical (unpaired) electrons. The number of benzene rings is 1. The molecule has 116 valence electrons. The molecule has 0 aliphatic carbocycles. The van der Waals surface area contributed by atoms with Gasteiger partial charge in [0.05, 0.1) is 7.11 Å². The van der Waals surface area contributed by atoms with Crippen molar-refractivity contribution in [1.82, 2.24) is 10.6 Å². The highest BCUT2D eigenvalue weighted by Gasteiger charge is 2.00. The third-order valence-electron chi connectivity index (χ3n) is 2.75. The average Bonchev–Trinajstić information content (AvgIpc) is 2.49. The van der Waals surface area contributed by atoms with Crippen molar-refractivity contribution in [3.63, 3.8) is 0 Å². The summed E-state index contributed by atoms with van der Waals surface area (Å²) in [6.45, 7) is 3.56. The van der Waals surface area contributed by atoms with Gasteiger partial charge in [-0.15, -0.1) is 11.8 Å². The van der Waals surface area contributed by atoms with Gasteiger partial charge in [-0.05, 0) is 37.7 Å². The van der Waals surface area contributed by atoms with Crippen LogP contribution in [0, 0.1) is 6.92 Å². The highest BCUT2D eigenvalue weighted by Crippen LogP contribution is 2.17. The van der Waals surface area contributed by atoms with Gasteiger partial charge in [0.25, 0.3) is 0 Å². The Morgan fingerprint density at radius 3 is 2.57 bits per heavy atom. The second-order valence-corrected chi connectivity index (χ2v) is 6.10. The summed E-state index contributed by atoms with van der Waals surface area (Å²) in [5.74, 6) is 0.762. The number of rotatable bonds is 8. The first-order chi connectivity index (χ1) is 10.1. The van der Waals surface area contributed by atoms with Crippen molar-refractivity contribution in [2.24, 2.45) is 0 Å². The quantitative estimate of drug-likeness (QED) is 0.331. The summed E-state index contributed by atoms with van der Waals surface area (Å²) in [5, 5.41) is 6.85. The third kappa shape index (κ3) is 8.57. The van der Waals surface area contributed by atoms with Gasteiger partial charge in [-0.25, -0.2) is 0 Å². The third-order valence-corrected chi connectivity index (χ3v) is 4.05. The summed E-state index contributed by atoms with van der Waals surface area (Å²) in [4.78, 5) is 12.2. The van der Waals surface area contributed by atoms with Crippen LogP contribution in [-0.2, 0) is 9.53 Å². The Hall–Kier alpha value is -1.27. The minimum atomic E-state index is -0.190. The van der Waals surface area contributed by atoms with Gasteiger partial charge >= 0.3 is 5.97 Å². The summed E-state index contributed by atoms with van der Waals surface area (Å²) in [6, 6.07) is 8.49. The molecule has 0 aromatic heterocycles. The fourth-order valence-corrected chi connectivity index (χ4v) is 2.54. The molecule has 0 atom stereocenters. The molecule has 2 N–H and O–H groups in total. The predicted octanol–water partition coefficient (Wildman–Crippen LogP) is 2.50. The van der Waals surface area contributed by atoms with Crippen molar-refractivity contribution >= 4 is 35.1 Å². The van der Waals surface area contributed by atoms with Crippen molar-refractivity contribution in [3.8, 4) is 0 Å². The Balaban J connectivity index is 2.03. The van der Waals surface area contributed by atoms with Gasteiger partial charge in [0, 0.05) is 30.2 Å². The molecule has 21 heavy (non-hydrogen) atoms. The molecule has 0 aliphatic rings. The summed E-state index contributed by atoms with van der Waals surface area (Å²) in [6.07, 6.45) is 1.13. The molecule has 0 spiro atoms. The summed E-state index contributed by atoms with van der Waals surface area (Å²) < 4.78 is 4.57. The Morgan fingerprint density at radius 2 is 1.90 bits per heavy atom. The first-order valence-electron chi connectivity index (χ1n) is 6.90. The van der Waals surface area contributed by atoms with Crippen molar-refractivity contribution in [3.05, 3.63) is 29.8 Å². The van der Waals surface area contributed by atoms with Crippen LogP contribution in [0.15, 0.2) is 29.2 Å². The number of thiocarbonyl (C=S) groups is 1. The van der Waals surface area contributed by atoms with Gasteiger partial charge in [0.15, 0.2) is 5.11 Å². The van der Waals surface area contributed by atoms with Crippen molar-refractivity contribution in [1.29, 1.82) is 0 Å². The number of ether oxygens (including phenoxy) is 1. The molecule has 0 fully saturated rings. The van der Waals surface area contributed by atoms with E-state index in [1.54, 1.807) is 11.8 Å². The van der Waals surface area contributed by atoms with Crippen molar-refractivity contribution in [2.75, 3.05) is 26.0 Å². The average molecular weight is 326 g/mol. The van der Waals surface area contributed by atoms with E-state index < -0.39 is 0 Å². The lowest BCUT2D eigenvalue weighted by Gasteiger charge is -2.10. The summed E-state index contributed by atoms with van der Waals surface area (Å²) in [5.41, 5.74) is 1.27. The number of carbonyl (C=O) groups excluding carboxylic acids is 1. The molecule has 1 rings (SSSR count). The zero-order valence-electron chi connectivity index (χ0n) is 12.5. The van der Waals surface area contributed by atoms with Crippen LogP contribution in [0.25, 0.3) is 0 Å². The summed E-state index contributed by atoms with van der Waals surface area (Å²) >= 11 is 6.96. The first-order valence-corrected chi connectivity index (χ1v) is 8.29. The molecule has 0 unspecified atom stereocenters. The van der Waals surface area contributed by atoms with E-state index in [2.05, 4.69) is 46.6 Å². The molecule has 4 nitrogen and oxygen atoms in total. The van der Waals surface area contributed by atoms with Crippen LogP contribution in [0.5, 0.6) is 0 Å². The Morgan fingerprint density at radius 1 is 1.24 bits per heavy atom. The predicted molar refractivity (Wildman–Crippen MR) is 91.8 cm³/mol. The van der Waals surface area contributed by atoms with Gasteiger partial charge in [-0.2, -0.15) is 0 Å². The highest BCUT2D eigenvalue weighted by molar-refractivity contribution is 7.99. The molecular weight excluding hydrogens is 304 g/mol. The number of carbonyl (C=O) groups is 1. The van der Waals surface area contributed by atoms with E-state index in [0.29, 0.717) is 24.5 Å². The molecule has 6 heteroatoms. The largest absolute Gasteiger partial charge is 0.469 e. The number of aryl methyl sites for hydroxylation is 1. The van der Waals surface area contributed by atoms with Gasteiger partial charge < -0.3 is 15.4 Å². The van der Waals surface area contributed by atoms with E-state index in [4.69, 9.17) is 12.2 Å². The van der Waals surface area contributed by atoms with E-state index in [1.807, 2.05) is 0 Å². The number of thioether (sulfide) groups is 1. The molecule has 0 aliphatic heterocycles. The van der Waals surface area contributed by atoms with Gasteiger partial charge in [-0.3, -0.25) is 4.79 Å².